The highest BCUT2D eigenvalue weighted by Gasteiger charge is 2.13. The van der Waals surface area contributed by atoms with Crippen LogP contribution >= 0.6 is 0 Å². The fourth-order valence-corrected chi connectivity index (χ4v) is 1.78. The highest BCUT2D eigenvalue weighted by Crippen LogP contribution is 2.15. The molecule has 19 heavy (non-hydrogen) atoms. The number of furan rings is 1. The van der Waals surface area contributed by atoms with Crippen LogP contribution in [0.3, 0.4) is 0 Å². The molecule has 0 fully saturated rings. The minimum absolute atomic E-state index is 0.0922. The van der Waals surface area contributed by atoms with Gasteiger partial charge >= 0.3 is 5.91 Å². The van der Waals surface area contributed by atoms with Crippen LogP contribution in [-0.2, 0) is 6.54 Å². The summed E-state index contributed by atoms with van der Waals surface area (Å²) in [6.07, 6.45) is 1.72. The molecule has 0 radical (unpaired) electrons. The number of amides is 1. The molecule has 6 nitrogen and oxygen atoms in total. The summed E-state index contributed by atoms with van der Waals surface area (Å²) < 4.78 is 6.85. The fourth-order valence-electron chi connectivity index (χ4n) is 1.78. The van der Waals surface area contributed by atoms with Crippen molar-refractivity contribution in [3.63, 3.8) is 0 Å². The molecule has 0 saturated heterocycles. The van der Waals surface area contributed by atoms with Crippen molar-refractivity contribution in [1.82, 2.24) is 9.99 Å². The predicted molar refractivity (Wildman–Crippen MR) is 69.6 cm³/mol. The van der Waals surface area contributed by atoms with Gasteiger partial charge in [0.15, 0.2) is 5.76 Å². The second-order valence-electron chi connectivity index (χ2n) is 4.34. The molecule has 2 aromatic heterocycles. The molecule has 2 rings (SSSR count). The largest absolute Gasteiger partial charge is 0.456 e. The molecule has 1 amide bonds. The number of nitrogens with zero attached hydrogens (tertiary/aromatic N) is 1. The SMILES string of the molecule is Cc1ccn(Cc2cc(C(=O)NN)oc2C)c(=O)c1. The summed E-state index contributed by atoms with van der Waals surface area (Å²) in [4.78, 5) is 23.1. The summed E-state index contributed by atoms with van der Waals surface area (Å²) in [5.41, 5.74) is 3.59. The van der Waals surface area contributed by atoms with E-state index in [1.807, 2.05) is 18.4 Å². The summed E-state index contributed by atoms with van der Waals surface area (Å²) in [5, 5.41) is 0. The van der Waals surface area contributed by atoms with E-state index in [2.05, 4.69) is 0 Å². The number of carbonyl (C=O) groups is 1. The summed E-state index contributed by atoms with van der Waals surface area (Å²) >= 11 is 0. The van der Waals surface area contributed by atoms with Crippen molar-refractivity contribution in [2.24, 2.45) is 5.84 Å². The Labute approximate surface area is 109 Å². The first-order valence-corrected chi connectivity index (χ1v) is 5.78. The van der Waals surface area contributed by atoms with Crippen molar-refractivity contribution in [2.45, 2.75) is 20.4 Å². The molecule has 0 unspecified atom stereocenters. The molecule has 3 N–H and O–H groups in total. The molecule has 0 bridgehead atoms. The Morgan fingerprint density at radius 2 is 2.16 bits per heavy atom. The Bertz CT molecular complexity index is 670. The number of aryl methyl sites for hydroxylation is 2. The smallest absolute Gasteiger partial charge is 0.300 e. The molecule has 2 aromatic rings. The van der Waals surface area contributed by atoms with Crippen LogP contribution in [0.1, 0.15) is 27.4 Å². The predicted octanol–water partition coefficient (Wildman–Crippen LogP) is 0.710. The maximum absolute atomic E-state index is 11.8. The Morgan fingerprint density at radius 3 is 2.79 bits per heavy atom. The van der Waals surface area contributed by atoms with Crippen molar-refractivity contribution in [1.29, 1.82) is 0 Å². The van der Waals surface area contributed by atoms with Crippen LogP contribution in [0, 0.1) is 13.8 Å². The van der Waals surface area contributed by atoms with Crippen LogP contribution in [0.5, 0.6) is 0 Å². The first kappa shape index (κ1) is 13.1. The summed E-state index contributed by atoms with van der Waals surface area (Å²) in [7, 11) is 0. The van der Waals surface area contributed by atoms with Gasteiger partial charge in [-0.1, -0.05) is 0 Å². The molecule has 2 heterocycles. The Morgan fingerprint density at radius 1 is 1.42 bits per heavy atom. The van der Waals surface area contributed by atoms with Gasteiger partial charge in [0.25, 0.3) is 5.56 Å². The van der Waals surface area contributed by atoms with Crippen LogP contribution in [-0.4, -0.2) is 10.5 Å². The molecule has 6 heteroatoms. The van der Waals surface area contributed by atoms with E-state index in [9.17, 15) is 9.59 Å². The van der Waals surface area contributed by atoms with Gasteiger partial charge in [0.05, 0.1) is 6.54 Å². The summed E-state index contributed by atoms with van der Waals surface area (Å²) in [5.74, 6) is 5.27. The molecule has 0 aliphatic carbocycles. The average molecular weight is 261 g/mol. The highest BCUT2D eigenvalue weighted by atomic mass is 16.4. The van der Waals surface area contributed by atoms with Gasteiger partial charge in [-0.05, 0) is 31.5 Å². The molecule has 100 valence electrons. The monoisotopic (exact) mass is 261 g/mol. The fraction of sp³-hybridized carbons (Fsp3) is 0.231. The lowest BCUT2D eigenvalue weighted by Crippen LogP contribution is -2.29. The summed E-state index contributed by atoms with van der Waals surface area (Å²) in [6, 6.07) is 5.00. The van der Waals surface area contributed by atoms with Gasteiger partial charge < -0.3 is 8.98 Å². The van der Waals surface area contributed by atoms with Gasteiger partial charge in [-0.3, -0.25) is 15.0 Å². The second kappa shape index (κ2) is 5.11. The lowest BCUT2D eigenvalue weighted by atomic mass is 10.2. The molecular formula is C13H15N3O3. The molecule has 0 aliphatic rings. The van der Waals surface area contributed by atoms with Crippen molar-refractivity contribution in [2.75, 3.05) is 0 Å². The number of hydrazine groups is 1. The third-order valence-electron chi connectivity index (χ3n) is 2.87. The third-order valence-corrected chi connectivity index (χ3v) is 2.87. The van der Waals surface area contributed by atoms with Crippen molar-refractivity contribution >= 4 is 5.91 Å². The first-order valence-electron chi connectivity index (χ1n) is 5.78. The van der Waals surface area contributed by atoms with E-state index in [1.165, 1.54) is 0 Å². The van der Waals surface area contributed by atoms with Gasteiger partial charge in [0.2, 0.25) is 0 Å². The van der Waals surface area contributed by atoms with Gasteiger partial charge in [-0.2, -0.15) is 0 Å². The number of hydrogen-bond donors (Lipinski definition) is 2. The topological polar surface area (TPSA) is 90.3 Å². The summed E-state index contributed by atoms with van der Waals surface area (Å²) in [6.45, 7) is 3.95. The number of rotatable bonds is 3. The van der Waals surface area contributed by atoms with Crippen molar-refractivity contribution < 1.29 is 9.21 Å². The minimum Gasteiger partial charge on any atom is -0.456 e. The molecule has 0 atom stereocenters. The van der Waals surface area contributed by atoms with Crippen LogP contribution in [0.2, 0.25) is 0 Å². The van der Waals surface area contributed by atoms with Crippen LogP contribution in [0.15, 0.2) is 33.6 Å². The number of hydrogen-bond acceptors (Lipinski definition) is 4. The average Bonchev–Trinajstić information content (AvgIpc) is 2.73. The number of carbonyl (C=O) groups excluding carboxylic acids is 1. The van der Waals surface area contributed by atoms with Crippen molar-refractivity contribution in [3.8, 4) is 0 Å². The van der Waals surface area contributed by atoms with Gasteiger partial charge in [-0.15, -0.1) is 0 Å². The normalized spacial score (nSPS) is 10.5. The lowest BCUT2D eigenvalue weighted by molar-refractivity contribution is 0.0924. The molecular weight excluding hydrogens is 246 g/mol. The number of nitrogen functional groups attached to an aromatic ring is 1. The van der Waals surface area contributed by atoms with Gasteiger partial charge in [-0.25, -0.2) is 5.84 Å². The molecule has 0 aromatic carbocycles. The number of pyridine rings is 1. The third kappa shape index (κ3) is 2.74. The van der Waals surface area contributed by atoms with E-state index >= 15 is 0 Å². The minimum atomic E-state index is -0.495. The lowest BCUT2D eigenvalue weighted by Gasteiger charge is -2.04. The Balaban J connectivity index is 2.31. The molecule has 0 spiro atoms. The van der Waals surface area contributed by atoms with Gasteiger partial charge in [0.1, 0.15) is 5.76 Å². The van der Waals surface area contributed by atoms with E-state index in [-0.39, 0.29) is 11.3 Å². The number of nitrogens with one attached hydrogen (secondary N) is 1. The van der Waals surface area contributed by atoms with E-state index in [1.54, 1.807) is 29.8 Å². The zero-order valence-corrected chi connectivity index (χ0v) is 10.8. The maximum Gasteiger partial charge on any atom is 0.300 e. The quantitative estimate of drug-likeness (QED) is 0.483. The zero-order chi connectivity index (χ0) is 14.0. The second-order valence-corrected chi connectivity index (χ2v) is 4.34. The Kier molecular flexibility index (Phi) is 3.52. The standard InChI is InChI=1S/C13H15N3O3/c1-8-3-4-16(12(17)5-8)7-10-6-11(13(18)15-14)19-9(10)2/h3-6H,7,14H2,1-2H3,(H,15,18). The van der Waals surface area contributed by atoms with E-state index in [4.69, 9.17) is 10.3 Å². The highest BCUT2D eigenvalue weighted by molar-refractivity contribution is 5.91. The molecule has 0 saturated carbocycles. The van der Waals surface area contributed by atoms with Crippen LogP contribution in [0.25, 0.3) is 0 Å². The number of nitrogens with two attached hydrogens (primary N) is 1. The Hall–Kier alpha value is -2.34. The van der Waals surface area contributed by atoms with Crippen LogP contribution in [0.4, 0.5) is 0 Å². The van der Waals surface area contributed by atoms with Crippen molar-refractivity contribution in [3.05, 3.63) is 57.4 Å². The van der Waals surface area contributed by atoms with E-state index < -0.39 is 5.91 Å². The number of aromatic nitrogens is 1. The van der Waals surface area contributed by atoms with E-state index in [0.29, 0.717) is 12.3 Å². The van der Waals surface area contributed by atoms with Gasteiger partial charge in [0, 0.05) is 17.8 Å². The van der Waals surface area contributed by atoms with Crippen LogP contribution < -0.4 is 16.8 Å². The maximum atomic E-state index is 11.8. The molecule has 0 aliphatic heterocycles. The van der Waals surface area contributed by atoms with E-state index in [0.717, 1.165) is 11.1 Å². The zero-order valence-electron chi connectivity index (χ0n) is 10.8. The first-order chi connectivity index (χ1) is 9.01.